The van der Waals surface area contributed by atoms with Gasteiger partial charge in [-0.15, -0.1) is 0 Å². The number of imidazole rings is 1. The van der Waals surface area contributed by atoms with Gasteiger partial charge in [0.15, 0.2) is 11.5 Å². The molecule has 3 rings (SSSR count). The van der Waals surface area contributed by atoms with E-state index in [2.05, 4.69) is 45.9 Å². The molecule has 0 bridgehead atoms. The van der Waals surface area contributed by atoms with Crippen molar-refractivity contribution in [3.63, 3.8) is 0 Å². The average Bonchev–Trinajstić information content (AvgIpc) is 3.15. The zero-order valence-electron chi connectivity index (χ0n) is 18.3. The van der Waals surface area contributed by atoms with E-state index in [9.17, 15) is 8.42 Å². The van der Waals surface area contributed by atoms with Crippen LogP contribution in [0.15, 0.2) is 41.8 Å². The van der Waals surface area contributed by atoms with Gasteiger partial charge in [0.1, 0.15) is 11.8 Å². The summed E-state index contributed by atoms with van der Waals surface area (Å²) in [7, 11) is -3.70. The molecule has 1 unspecified atom stereocenters. The predicted molar refractivity (Wildman–Crippen MR) is 122 cm³/mol. The summed E-state index contributed by atoms with van der Waals surface area (Å²) >= 11 is 0. The minimum Gasteiger partial charge on any atom is -0.366 e. The quantitative estimate of drug-likeness (QED) is 0.465. The highest BCUT2D eigenvalue weighted by atomic mass is 32.2. The van der Waals surface area contributed by atoms with E-state index < -0.39 is 10.0 Å². The third-order valence-corrected chi connectivity index (χ3v) is 6.32. The zero-order chi connectivity index (χ0) is 22.4. The Morgan fingerprint density at radius 1 is 1.13 bits per heavy atom. The molecule has 0 aliphatic rings. The smallest absolute Gasteiger partial charge is 0.238 e. The number of benzene rings is 1. The molecule has 1 aromatic carbocycles. The number of nitrogens with one attached hydrogen (secondary N) is 1. The molecule has 10 heteroatoms. The van der Waals surface area contributed by atoms with Crippen molar-refractivity contribution in [1.82, 2.24) is 24.4 Å². The Balaban J connectivity index is 1.68. The van der Waals surface area contributed by atoms with Crippen LogP contribution in [0.5, 0.6) is 0 Å². The highest BCUT2D eigenvalue weighted by molar-refractivity contribution is 7.89. The van der Waals surface area contributed by atoms with E-state index in [1.807, 2.05) is 4.57 Å². The van der Waals surface area contributed by atoms with Crippen molar-refractivity contribution in [3.05, 3.63) is 42.5 Å². The summed E-state index contributed by atoms with van der Waals surface area (Å²) in [5.74, 6) is 0.726. The topological polar surface area (TPSA) is 119 Å². The van der Waals surface area contributed by atoms with Gasteiger partial charge in [0.2, 0.25) is 10.0 Å². The summed E-state index contributed by atoms with van der Waals surface area (Å²) in [5, 5.41) is 8.63. The number of aromatic nitrogens is 4. The Hall–Kier alpha value is -2.56. The molecule has 0 spiro atoms. The standard InChI is InChI=1S/C21H31N7O2S/c1-4-27(5-2)12-6-7-16(3)26-20-19-21(24-14-23-20)28(15-25-19)13-17-8-10-18(11-9-17)31(22,29)30/h8-11,14-16H,4-7,12-13H2,1-3H3,(H2,22,29,30)(H,23,24,26). The number of hydrogen-bond acceptors (Lipinski definition) is 7. The lowest BCUT2D eigenvalue weighted by Crippen LogP contribution is -2.25. The number of fused-ring (bicyclic) bond motifs is 1. The van der Waals surface area contributed by atoms with Crippen LogP contribution in [0, 0.1) is 0 Å². The SMILES string of the molecule is CCN(CC)CCCC(C)Nc1ncnc2c1ncn2Cc1ccc(S(N)(=O)=O)cc1. The van der Waals surface area contributed by atoms with Gasteiger partial charge < -0.3 is 14.8 Å². The molecule has 168 valence electrons. The molecule has 0 aliphatic carbocycles. The van der Waals surface area contributed by atoms with Crippen LogP contribution in [-0.2, 0) is 16.6 Å². The summed E-state index contributed by atoms with van der Waals surface area (Å²) in [6, 6.07) is 6.76. The van der Waals surface area contributed by atoms with E-state index in [0.29, 0.717) is 6.54 Å². The van der Waals surface area contributed by atoms with E-state index in [4.69, 9.17) is 5.14 Å². The Kier molecular flexibility index (Phi) is 7.58. The molecule has 1 atom stereocenters. The van der Waals surface area contributed by atoms with E-state index in [1.54, 1.807) is 18.5 Å². The highest BCUT2D eigenvalue weighted by Crippen LogP contribution is 2.20. The van der Waals surface area contributed by atoms with Gasteiger partial charge in [-0.3, -0.25) is 0 Å². The van der Waals surface area contributed by atoms with Crippen LogP contribution in [0.1, 0.15) is 39.2 Å². The summed E-state index contributed by atoms with van der Waals surface area (Å²) in [6.07, 6.45) is 5.42. The van der Waals surface area contributed by atoms with Gasteiger partial charge in [0.25, 0.3) is 0 Å². The molecule has 2 aromatic heterocycles. The van der Waals surface area contributed by atoms with Crippen molar-refractivity contribution in [2.45, 2.75) is 51.1 Å². The lowest BCUT2D eigenvalue weighted by Gasteiger charge is -2.20. The Morgan fingerprint density at radius 2 is 1.84 bits per heavy atom. The maximum Gasteiger partial charge on any atom is 0.238 e. The van der Waals surface area contributed by atoms with Crippen LogP contribution >= 0.6 is 0 Å². The van der Waals surface area contributed by atoms with Gasteiger partial charge in [-0.05, 0) is 57.1 Å². The molecular weight excluding hydrogens is 414 g/mol. The van der Waals surface area contributed by atoms with Crippen molar-refractivity contribution in [2.75, 3.05) is 25.0 Å². The van der Waals surface area contributed by atoms with Crippen LogP contribution in [0.2, 0.25) is 0 Å². The van der Waals surface area contributed by atoms with Gasteiger partial charge in [0, 0.05) is 6.04 Å². The Morgan fingerprint density at radius 3 is 2.48 bits per heavy atom. The average molecular weight is 446 g/mol. The fourth-order valence-electron chi connectivity index (χ4n) is 3.55. The molecule has 0 amide bonds. The molecule has 0 radical (unpaired) electrons. The zero-order valence-corrected chi connectivity index (χ0v) is 19.1. The van der Waals surface area contributed by atoms with Crippen LogP contribution in [0.4, 0.5) is 5.82 Å². The third kappa shape index (κ3) is 5.99. The molecule has 0 aliphatic heterocycles. The maximum absolute atomic E-state index is 11.4. The largest absolute Gasteiger partial charge is 0.366 e. The molecule has 0 fully saturated rings. The van der Waals surface area contributed by atoms with Gasteiger partial charge >= 0.3 is 0 Å². The Bertz CT molecular complexity index is 1090. The maximum atomic E-state index is 11.4. The van der Waals surface area contributed by atoms with Gasteiger partial charge in [-0.2, -0.15) is 0 Å². The molecule has 0 saturated heterocycles. The lowest BCUT2D eigenvalue weighted by molar-refractivity contribution is 0.295. The normalized spacial score (nSPS) is 13.1. The third-order valence-electron chi connectivity index (χ3n) is 5.40. The van der Waals surface area contributed by atoms with Crippen molar-refractivity contribution in [2.24, 2.45) is 5.14 Å². The molecule has 0 saturated carbocycles. The second-order valence-electron chi connectivity index (χ2n) is 7.67. The first-order chi connectivity index (χ1) is 14.8. The molecule has 9 nitrogen and oxygen atoms in total. The number of nitrogens with zero attached hydrogens (tertiary/aromatic N) is 5. The van der Waals surface area contributed by atoms with E-state index in [1.165, 1.54) is 18.5 Å². The first kappa shape index (κ1) is 23.1. The molecule has 31 heavy (non-hydrogen) atoms. The second-order valence-corrected chi connectivity index (χ2v) is 9.23. The minimum absolute atomic E-state index is 0.0931. The van der Waals surface area contributed by atoms with Crippen molar-refractivity contribution in [3.8, 4) is 0 Å². The van der Waals surface area contributed by atoms with E-state index >= 15 is 0 Å². The number of sulfonamides is 1. The number of nitrogens with two attached hydrogens (primary N) is 1. The van der Waals surface area contributed by atoms with E-state index in [0.717, 1.165) is 55.0 Å². The second kappa shape index (κ2) is 10.2. The fraction of sp³-hybridized carbons (Fsp3) is 0.476. The first-order valence-electron chi connectivity index (χ1n) is 10.6. The molecule has 3 aromatic rings. The summed E-state index contributed by atoms with van der Waals surface area (Å²) in [5.41, 5.74) is 2.37. The molecule has 3 N–H and O–H groups in total. The van der Waals surface area contributed by atoms with Crippen LogP contribution in [0.3, 0.4) is 0 Å². The highest BCUT2D eigenvalue weighted by Gasteiger charge is 2.13. The fourth-order valence-corrected chi connectivity index (χ4v) is 4.07. The minimum atomic E-state index is -3.70. The van der Waals surface area contributed by atoms with Crippen LogP contribution < -0.4 is 10.5 Å². The summed E-state index contributed by atoms with van der Waals surface area (Å²) in [4.78, 5) is 15.8. The number of rotatable bonds is 11. The van der Waals surface area contributed by atoms with Crippen molar-refractivity contribution >= 4 is 27.0 Å². The monoisotopic (exact) mass is 445 g/mol. The number of anilines is 1. The first-order valence-corrected chi connectivity index (χ1v) is 12.1. The van der Waals surface area contributed by atoms with E-state index in [-0.39, 0.29) is 10.9 Å². The van der Waals surface area contributed by atoms with Gasteiger partial charge in [-0.1, -0.05) is 26.0 Å². The predicted octanol–water partition coefficient (Wildman–Crippen LogP) is 2.44. The lowest BCUT2D eigenvalue weighted by atomic mass is 10.1. The van der Waals surface area contributed by atoms with Crippen molar-refractivity contribution in [1.29, 1.82) is 0 Å². The summed E-state index contributed by atoms with van der Waals surface area (Å²) in [6.45, 7) is 10.3. The number of hydrogen-bond donors (Lipinski definition) is 2. The van der Waals surface area contributed by atoms with Crippen molar-refractivity contribution < 1.29 is 8.42 Å². The van der Waals surface area contributed by atoms with Crippen LogP contribution in [0.25, 0.3) is 11.2 Å². The number of primary sulfonamides is 1. The molecule has 2 heterocycles. The van der Waals surface area contributed by atoms with Crippen LogP contribution in [-0.4, -0.2) is 58.5 Å². The molecular formula is C21H31N7O2S. The van der Waals surface area contributed by atoms with Gasteiger partial charge in [-0.25, -0.2) is 28.5 Å². The Labute approximate surface area is 183 Å². The summed E-state index contributed by atoms with van der Waals surface area (Å²) < 4.78 is 24.8. The van der Waals surface area contributed by atoms with Gasteiger partial charge in [0.05, 0.1) is 17.8 Å².